The van der Waals surface area contributed by atoms with E-state index in [2.05, 4.69) is 44.2 Å². The zero-order valence-corrected chi connectivity index (χ0v) is 21.8. The molecule has 2 saturated heterocycles. The lowest BCUT2D eigenvalue weighted by atomic mass is 9.95. The Morgan fingerprint density at radius 3 is 2.50 bits per heavy atom. The van der Waals surface area contributed by atoms with Gasteiger partial charge in [-0.25, -0.2) is 9.97 Å². The van der Waals surface area contributed by atoms with Crippen LogP contribution in [0.4, 0.5) is 17.3 Å². The highest BCUT2D eigenvalue weighted by Gasteiger charge is 2.45. The summed E-state index contributed by atoms with van der Waals surface area (Å²) in [7, 11) is 0. The van der Waals surface area contributed by atoms with Crippen molar-refractivity contribution in [1.82, 2.24) is 20.2 Å². The summed E-state index contributed by atoms with van der Waals surface area (Å²) in [5.41, 5.74) is 1.86. The van der Waals surface area contributed by atoms with Crippen LogP contribution in [0.2, 0.25) is 5.02 Å². The predicted octanol–water partition coefficient (Wildman–Crippen LogP) is 2.87. The number of hydrogen-bond acceptors (Lipinski definition) is 7. The fourth-order valence-corrected chi connectivity index (χ4v) is 5.82. The van der Waals surface area contributed by atoms with Crippen LogP contribution in [-0.2, 0) is 9.59 Å². The minimum Gasteiger partial charge on any atom is -0.356 e. The first kappa shape index (κ1) is 24.8. The van der Waals surface area contributed by atoms with E-state index in [4.69, 9.17) is 11.6 Å². The Hall–Kier alpha value is -2.91. The van der Waals surface area contributed by atoms with Gasteiger partial charge in [0, 0.05) is 49.3 Å². The first-order valence-electron chi connectivity index (χ1n) is 12.8. The Morgan fingerprint density at radius 2 is 1.86 bits per heavy atom. The number of aromatic nitrogens is 2. The fourth-order valence-electron chi connectivity index (χ4n) is 5.69. The van der Waals surface area contributed by atoms with Crippen molar-refractivity contribution in [3.05, 3.63) is 41.2 Å². The predicted molar refractivity (Wildman–Crippen MR) is 142 cm³/mol. The second-order valence-corrected chi connectivity index (χ2v) is 10.6. The van der Waals surface area contributed by atoms with Gasteiger partial charge in [-0.2, -0.15) is 0 Å². The summed E-state index contributed by atoms with van der Waals surface area (Å²) in [6.45, 7) is 9.21. The van der Waals surface area contributed by atoms with E-state index < -0.39 is 0 Å². The third-order valence-corrected chi connectivity index (χ3v) is 7.68. The Morgan fingerprint density at radius 1 is 1.17 bits per heavy atom. The van der Waals surface area contributed by atoms with E-state index in [9.17, 15) is 9.59 Å². The molecular weight excluding hydrogens is 478 g/mol. The van der Waals surface area contributed by atoms with Crippen LogP contribution < -0.4 is 20.4 Å². The Balaban J connectivity index is 1.39. The molecule has 3 unspecified atom stereocenters. The van der Waals surface area contributed by atoms with Crippen molar-refractivity contribution in [3.8, 4) is 0 Å². The first-order valence-corrected chi connectivity index (χ1v) is 13.2. The lowest BCUT2D eigenvalue weighted by Crippen LogP contribution is -2.58. The van der Waals surface area contributed by atoms with Gasteiger partial charge in [0.15, 0.2) is 11.6 Å². The van der Waals surface area contributed by atoms with E-state index in [0.717, 1.165) is 29.9 Å². The van der Waals surface area contributed by atoms with Crippen LogP contribution in [0.25, 0.3) is 0 Å². The number of nitrogens with one attached hydrogen (secondary N) is 2. The molecule has 2 fully saturated rings. The van der Waals surface area contributed by atoms with Gasteiger partial charge >= 0.3 is 0 Å². The Bertz CT molecular complexity index is 1110. The second-order valence-electron chi connectivity index (χ2n) is 10.2. The Kier molecular flexibility index (Phi) is 7.03. The molecule has 5 rings (SSSR count). The number of halogens is 1. The molecule has 2 amide bonds. The van der Waals surface area contributed by atoms with Crippen molar-refractivity contribution in [2.45, 2.75) is 57.7 Å². The quantitative estimate of drug-likeness (QED) is 0.590. The molecule has 4 heterocycles. The van der Waals surface area contributed by atoms with E-state index in [0.29, 0.717) is 43.6 Å². The van der Waals surface area contributed by atoms with E-state index in [-0.39, 0.29) is 35.9 Å². The monoisotopic (exact) mass is 511 g/mol. The third-order valence-electron chi connectivity index (χ3n) is 7.43. The highest BCUT2D eigenvalue weighted by atomic mass is 35.5. The van der Waals surface area contributed by atoms with Crippen molar-refractivity contribution >= 4 is 40.7 Å². The molecule has 0 aliphatic carbocycles. The topological polar surface area (TPSA) is 93.7 Å². The maximum absolute atomic E-state index is 14.0. The van der Waals surface area contributed by atoms with Crippen molar-refractivity contribution in [2.24, 2.45) is 0 Å². The number of carbonyl (C=O) groups excluding carboxylic acids is 2. The molecule has 3 aliphatic rings. The van der Waals surface area contributed by atoms with Crippen LogP contribution in [0.3, 0.4) is 0 Å². The van der Waals surface area contributed by atoms with Gasteiger partial charge in [0.05, 0.1) is 12.5 Å². The van der Waals surface area contributed by atoms with Crippen LogP contribution in [-0.4, -0.2) is 77.5 Å². The Labute approximate surface area is 217 Å². The zero-order valence-electron chi connectivity index (χ0n) is 21.1. The van der Waals surface area contributed by atoms with Crippen molar-refractivity contribution < 1.29 is 9.59 Å². The number of benzene rings is 1. The number of piperazine rings is 1. The normalized spacial score (nSPS) is 22.0. The molecule has 1 aromatic heterocycles. The van der Waals surface area contributed by atoms with E-state index in [1.807, 2.05) is 36.1 Å². The van der Waals surface area contributed by atoms with Gasteiger partial charge in [-0.15, -0.1) is 0 Å². The lowest BCUT2D eigenvalue weighted by Gasteiger charge is -2.44. The van der Waals surface area contributed by atoms with Gasteiger partial charge in [0.1, 0.15) is 12.0 Å². The number of amides is 2. The standard InChI is InChI=1S/C26H34ClN7O2/c1-4-32-14-22(35)31-24-23(32)25(30-15-29-24)33-12-19-9-10-20(13-33)34(19)26(36)21(11-28-16(2)3)17-5-7-18(27)8-6-17/h5-8,15-16,19-21,28H,4,9-14H2,1-3H3,(H,29,30,31,35). The molecule has 10 heteroatoms. The van der Waals surface area contributed by atoms with Gasteiger partial charge in [-0.3, -0.25) is 9.59 Å². The molecule has 192 valence electrons. The average molecular weight is 512 g/mol. The molecule has 36 heavy (non-hydrogen) atoms. The molecule has 2 N–H and O–H groups in total. The van der Waals surface area contributed by atoms with E-state index in [1.165, 1.54) is 6.33 Å². The second kappa shape index (κ2) is 10.2. The molecule has 2 bridgehead atoms. The zero-order chi connectivity index (χ0) is 25.4. The number of carbonyl (C=O) groups is 2. The summed E-state index contributed by atoms with van der Waals surface area (Å²) >= 11 is 6.13. The summed E-state index contributed by atoms with van der Waals surface area (Å²) < 4.78 is 0. The minimum atomic E-state index is -0.267. The van der Waals surface area contributed by atoms with Gasteiger partial charge < -0.3 is 25.3 Å². The molecule has 0 spiro atoms. The van der Waals surface area contributed by atoms with E-state index in [1.54, 1.807) is 0 Å². The van der Waals surface area contributed by atoms with E-state index >= 15 is 0 Å². The summed E-state index contributed by atoms with van der Waals surface area (Å²) in [6, 6.07) is 8.16. The lowest BCUT2D eigenvalue weighted by molar-refractivity contribution is -0.136. The molecule has 3 aliphatic heterocycles. The number of anilines is 3. The summed E-state index contributed by atoms with van der Waals surface area (Å²) in [5.74, 6) is 1.24. The van der Waals surface area contributed by atoms with Gasteiger partial charge in [-0.05, 0) is 37.5 Å². The van der Waals surface area contributed by atoms with Gasteiger partial charge in [0.25, 0.3) is 0 Å². The smallest absolute Gasteiger partial charge is 0.245 e. The molecule has 0 radical (unpaired) electrons. The SMILES string of the molecule is CCN1CC(=O)Nc2ncnc(N3CC4CCC(C3)N4C(=O)C(CNC(C)C)c3ccc(Cl)cc3)c21. The van der Waals surface area contributed by atoms with Crippen LogP contribution >= 0.6 is 11.6 Å². The number of hydrogen-bond donors (Lipinski definition) is 2. The largest absolute Gasteiger partial charge is 0.356 e. The molecular formula is C26H34ClN7O2. The average Bonchev–Trinajstić information content (AvgIpc) is 3.12. The van der Waals surface area contributed by atoms with Crippen LogP contribution in [0.5, 0.6) is 0 Å². The van der Waals surface area contributed by atoms with Crippen LogP contribution in [0.1, 0.15) is 45.1 Å². The summed E-state index contributed by atoms with van der Waals surface area (Å²) in [5, 5.41) is 7.02. The molecule has 9 nitrogen and oxygen atoms in total. The fraction of sp³-hybridized carbons (Fsp3) is 0.538. The summed E-state index contributed by atoms with van der Waals surface area (Å²) in [4.78, 5) is 41.5. The van der Waals surface area contributed by atoms with Crippen molar-refractivity contribution in [2.75, 3.05) is 47.8 Å². The first-order chi connectivity index (χ1) is 17.4. The van der Waals surface area contributed by atoms with Crippen molar-refractivity contribution in [3.63, 3.8) is 0 Å². The highest BCUT2D eigenvalue weighted by molar-refractivity contribution is 6.30. The van der Waals surface area contributed by atoms with Gasteiger partial charge in [-0.1, -0.05) is 37.6 Å². The van der Waals surface area contributed by atoms with Crippen molar-refractivity contribution in [1.29, 1.82) is 0 Å². The molecule has 0 saturated carbocycles. The summed E-state index contributed by atoms with van der Waals surface area (Å²) in [6.07, 6.45) is 3.46. The van der Waals surface area contributed by atoms with Gasteiger partial charge in [0.2, 0.25) is 11.8 Å². The number of nitrogens with zero attached hydrogens (tertiary/aromatic N) is 5. The van der Waals surface area contributed by atoms with Crippen LogP contribution in [0, 0.1) is 0 Å². The molecule has 1 aromatic carbocycles. The highest BCUT2D eigenvalue weighted by Crippen LogP contribution is 2.40. The minimum absolute atomic E-state index is 0.0623. The number of fused-ring (bicyclic) bond motifs is 3. The number of rotatable bonds is 7. The maximum atomic E-state index is 14.0. The number of likely N-dealkylation sites (N-methyl/N-ethyl adjacent to an activating group) is 1. The third kappa shape index (κ3) is 4.74. The van der Waals surface area contributed by atoms with Crippen LogP contribution in [0.15, 0.2) is 30.6 Å². The maximum Gasteiger partial charge on any atom is 0.245 e. The molecule has 2 aromatic rings. The molecule has 3 atom stereocenters.